The topological polar surface area (TPSA) is 216 Å². The predicted molar refractivity (Wildman–Crippen MR) is 269 cm³/mol. The van der Waals surface area contributed by atoms with Crippen LogP contribution in [0.5, 0.6) is 0 Å². The fraction of sp³-hybridized carbons (Fsp3) is 0.170. The molecule has 0 spiro atoms. The molecule has 0 fully saturated rings. The molecule has 0 saturated carbocycles. The minimum Gasteiger partial charge on any atom is -0.480 e. The van der Waals surface area contributed by atoms with Gasteiger partial charge in [-0.25, -0.2) is 14.6 Å². The normalized spacial score (nSPS) is 12.4. The first-order valence-electron chi connectivity index (χ1n) is 21.7. The number of amides is 2. The molecule has 0 unspecified atom stereocenters. The van der Waals surface area contributed by atoms with Crippen molar-refractivity contribution in [3.8, 4) is 0 Å². The van der Waals surface area contributed by atoms with Crippen LogP contribution in [0.4, 0.5) is 5.69 Å². The summed E-state index contributed by atoms with van der Waals surface area (Å²) in [5.74, 6) is -2.38. The SMILES string of the molecule is CC(=NCCC[C@H](NC(=O)c1ccc(C(c2ccccc2)c2ccccc2)s1)C(=O)O)NO.CC(N)=Nc1ccc([C@H](NC(=O)c2ccc(C(c3ccccc3)c3ccccc3)s2)C(=O)O)cc1. The van der Waals surface area contributed by atoms with Gasteiger partial charge in [0.15, 0.2) is 6.04 Å². The van der Waals surface area contributed by atoms with E-state index < -0.39 is 35.8 Å². The van der Waals surface area contributed by atoms with Gasteiger partial charge in [-0.05, 0) is 90.9 Å². The first-order chi connectivity index (χ1) is 32.9. The molecule has 0 bridgehead atoms. The molecule has 2 aromatic heterocycles. The number of hydrogen-bond donors (Lipinski definition) is 7. The summed E-state index contributed by atoms with van der Waals surface area (Å²) in [5, 5.41) is 33.3. The number of nitrogens with zero attached hydrogens (tertiary/aromatic N) is 2. The van der Waals surface area contributed by atoms with Crippen LogP contribution in [0.1, 0.15) is 101 Å². The molecular formula is C53H52N6O7S2. The standard InChI is InChI=1S/C28H25N3O3S.C25H27N3O4S/c1-18(29)30-22-14-12-21(13-15-22)26(28(33)34)31-27(32)24-17-16-23(35-24)25(19-8-4-2-5-9-19)20-10-6-3-7-11-20;1-17(28-32)26-16-8-13-20(25(30)31)27-24(29)22-15-14-21(33-22)23(18-9-4-2-5-10-18)19-11-6-3-7-12-19/h2-17,25-26H,1H3,(H2,29,30)(H,31,32)(H,33,34);2-7,9-12,14-15,20,23,32H,8,13,16H2,1H3,(H,26,28)(H,27,29)(H,30,31)/t26-;20-/m00/s1. The lowest BCUT2D eigenvalue weighted by atomic mass is 9.90. The summed E-state index contributed by atoms with van der Waals surface area (Å²) in [7, 11) is 0. The van der Waals surface area contributed by atoms with Crippen LogP contribution < -0.4 is 21.8 Å². The van der Waals surface area contributed by atoms with E-state index in [-0.39, 0.29) is 18.3 Å². The summed E-state index contributed by atoms with van der Waals surface area (Å²) >= 11 is 2.73. The van der Waals surface area contributed by atoms with E-state index in [0.717, 1.165) is 32.0 Å². The molecule has 348 valence electrons. The Morgan fingerprint density at radius 2 is 0.985 bits per heavy atom. The van der Waals surface area contributed by atoms with Crippen molar-refractivity contribution in [1.29, 1.82) is 0 Å². The van der Waals surface area contributed by atoms with Gasteiger partial charge in [0, 0.05) is 28.1 Å². The highest BCUT2D eigenvalue weighted by atomic mass is 32.1. The Hall–Kier alpha value is -7.72. The Morgan fingerprint density at radius 3 is 1.37 bits per heavy atom. The number of carbonyl (C=O) groups is 4. The number of nitrogens with two attached hydrogens (primary N) is 1. The molecular weight excluding hydrogens is 897 g/mol. The summed E-state index contributed by atoms with van der Waals surface area (Å²) in [6, 6.07) is 52.1. The number of aliphatic carboxylic acids is 2. The van der Waals surface area contributed by atoms with Crippen molar-refractivity contribution in [3.05, 3.63) is 217 Å². The maximum atomic E-state index is 13.1. The molecule has 2 heterocycles. The molecule has 2 amide bonds. The second-order valence-electron chi connectivity index (χ2n) is 15.6. The van der Waals surface area contributed by atoms with E-state index in [4.69, 9.17) is 10.9 Å². The summed E-state index contributed by atoms with van der Waals surface area (Å²) in [6.45, 7) is 3.62. The van der Waals surface area contributed by atoms with E-state index in [1.54, 1.807) is 50.2 Å². The summed E-state index contributed by atoms with van der Waals surface area (Å²) in [6.07, 6.45) is 0.689. The average molecular weight is 949 g/mol. The van der Waals surface area contributed by atoms with Crippen LogP contribution in [-0.4, -0.2) is 63.4 Å². The van der Waals surface area contributed by atoms with Crippen LogP contribution in [0.25, 0.3) is 0 Å². The van der Waals surface area contributed by atoms with Gasteiger partial charge < -0.3 is 26.6 Å². The molecule has 5 aromatic carbocycles. The van der Waals surface area contributed by atoms with Gasteiger partial charge in [0.2, 0.25) is 0 Å². The summed E-state index contributed by atoms with van der Waals surface area (Å²) < 4.78 is 0. The van der Waals surface area contributed by atoms with Crippen LogP contribution in [-0.2, 0) is 9.59 Å². The zero-order chi connectivity index (χ0) is 48.4. The smallest absolute Gasteiger partial charge is 0.330 e. The molecule has 8 N–H and O–H groups in total. The van der Waals surface area contributed by atoms with Crippen LogP contribution in [0.15, 0.2) is 180 Å². The van der Waals surface area contributed by atoms with E-state index in [0.29, 0.717) is 45.6 Å². The van der Waals surface area contributed by atoms with Gasteiger partial charge in [-0.1, -0.05) is 133 Å². The van der Waals surface area contributed by atoms with Gasteiger partial charge in [-0.2, -0.15) is 0 Å². The zero-order valence-corrected chi connectivity index (χ0v) is 39.0. The van der Waals surface area contributed by atoms with Crippen molar-refractivity contribution in [2.75, 3.05) is 6.54 Å². The van der Waals surface area contributed by atoms with Crippen LogP contribution in [0.2, 0.25) is 0 Å². The molecule has 7 rings (SSSR count). The van der Waals surface area contributed by atoms with Crippen molar-refractivity contribution in [3.63, 3.8) is 0 Å². The van der Waals surface area contributed by atoms with E-state index >= 15 is 0 Å². The van der Waals surface area contributed by atoms with Crippen LogP contribution >= 0.6 is 22.7 Å². The maximum Gasteiger partial charge on any atom is 0.330 e. The van der Waals surface area contributed by atoms with Crippen molar-refractivity contribution >= 4 is 63.8 Å². The highest BCUT2D eigenvalue weighted by Crippen LogP contribution is 2.37. The lowest BCUT2D eigenvalue weighted by Gasteiger charge is -2.17. The number of benzene rings is 5. The number of rotatable bonds is 18. The summed E-state index contributed by atoms with van der Waals surface area (Å²) in [4.78, 5) is 60.6. The molecule has 7 aromatic rings. The molecule has 2 atom stereocenters. The third-order valence-electron chi connectivity index (χ3n) is 10.6. The number of amidine groups is 2. The minimum absolute atomic E-state index is 0.0181. The Balaban J connectivity index is 0.000000224. The Kier molecular flexibility index (Phi) is 18.1. The van der Waals surface area contributed by atoms with E-state index in [1.807, 2.05) is 90.4 Å². The van der Waals surface area contributed by atoms with Crippen LogP contribution in [0, 0.1) is 0 Å². The van der Waals surface area contributed by atoms with Crippen LogP contribution in [0.3, 0.4) is 0 Å². The van der Waals surface area contributed by atoms with E-state index in [2.05, 4.69) is 69.1 Å². The van der Waals surface area contributed by atoms with Gasteiger partial charge in [0.05, 0.1) is 21.3 Å². The predicted octanol–water partition coefficient (Wildman–Crippen LogP) is 9.78. The van der Waals surface area contributed by atoms with Gasteiger partial charge in [-0.3, -0.25) is 25.3 Å². The fourth-order valence-electron chi connectivity index (χ4n) is 7.38. The van der Waals surface area contributed by atoms with Crippen molar-refractivity contribution in [2.45, 2.75) is 50.6 Å². The molecule has 68 heavy (non-hydrogen) atoms. The number of hydrogen-bond acceptors (Lipinski definition) is 9. The number of hydroxylamine groups is 1. The minimum atomic E-state index is -1.19. The van der Waals surface area contributed by atoms with Gasteiger partial charge in [0.25, 0.3) is 11.8 Å². The monoisotopic (exact) mass is 948 g/mol. The summed E-state index contributed by atoms with van der Waals surface area (Å²) in [5.41, 5.74) is 13.1. The van der Waals surface area contributed by atoms with Gasteiger partial charge in [-0.15, -0.1) is 22.7 Å². The van der Waals surface area contributed by atoms with Crippen molar-refractivity contribution in [1.82, 2.24) is 16.1 Å². The van der Waals surface area contributed by atoms with E-state index in [9.17, 15) is 29.4 Å². The number of aliphatic imine (C=N–C) groups is 2. The number of carbonyl (C=O) groups excluding carboxylic acids is 2. The Bertz CT molecular complexity index is 2720. The highest BCUT2D eigenvalue weighted by molar-refractivity contribution is 7.14. The highest BCUT2D eigenvalue weighted by Gasteiger charge is 2.26. The quantitative estimate of drug-likeness (QED) is 0.0188. The lowest BCUT2D eigenvalue weighted by molar-refractivity contribution is -0.140. The van der Waals surface area contributed by atoms with E-state index in [1.165, 1.54) is 22.7 Å². The largest absolute Gasteiger partial charge is 0.480 e. The second-order valence-corrected chi connectivity index (χ2v) is 17.8. The number of thiophene rings is 2. The Morgan fingerprint density at radius 1 is 0.559 bits per heavy atom. The maximum absolute atomic E-state index is 13.1. The average Bonchev–Trinajstić information content (AvgIpc) is 4.05. The van der Waals surface area contributed by atoms with Crippen molar-refractivity contribution < 1.29 is 34.6 Å². The third kappa shape index (κ3) is 13.9. The second kappa shape index (κ2) is 24.7. The molecule has 0 saturated heterocycles. The lowest BCUT2D eigenvalue weighted by Crippen LogP contribution is -2.40. The molecule has 0 aliphatic rings. The number of carboxylic acids is 2. The van der Waals surface area contributed by atoms with Gasteiger partial charge >= 0.3 is 11.9 Å². The van der Waals surface area contributed by atoms with Gasteiger partial charge in [0.1, 0.15) is 11.9 Å². The molecule has 13 nitrogen and oxygen atoms in total. The molecule has 0 aliphatic heterocycles. The fourth-order valence-corrected chi connectivity index (χ4v) is 9.52. The molecule has 0 aliphatic carbocycles. The number of nitrogens with one attached hydrogen (secondary N) is 3. The molecule has 0 radical (unpaired) electrons. The zero-order valence-electron chi connectivity index (χ0n) is 37.4. The first-order valence-corrected chi connectivity index (χ1v) is 23.3. The molecule has 15 heteroatoms. The van der Waals surface area contributed by atoms with Crippen molar-refractivity contribution in [2.24, 2.45) is 15.7 Å². The first kappa shape index (κ1) is 49.7. The third-order valence-corrected chi connectivity index (χ3v) is 12.9. The number of carboxylic acid groups (broad SMARTS) is 2. The Labute approximate surface area is 402 Å².